The average molecular weight is 220 g/mol. The molecule has 1 rings (SSSR count). The number of nitrogens with zero attached hydrogens (tertiary/aromatic N) is 1. The minimum atomic E-state index is 1.16. The number of aromatic amines is 1. The fraction of sp³-hybridized carbons (Fsp3) is 0.625. The zero-order valence-corrected chi connectivity index (χ0v) is 8.76. The summed E-state index contributed by atoms with van der Waals surface area (Å²) in [6.45, 7) is 2.18. The predicted octanol–water partition coefficient (Wildman–Crippen LogP) is 2.02. The first-order valence-corrected chi connectivity index (χ1v) is 4.97. The molecule has 1 aromatic rings. The van der Waals surface area contributed by atoms with Gasteiger partial charge in [0.2, 0.25) is 6.33 Å². The molecular formula is C8H16BrN2+. The maximum Gasteiger partial charge on any atom is 0.241 e. The van der Waals surface area contributed by atoms with E-state index in [4.69, 9.17) is 0 Å². The third-order valence-electron chi connectivity index (χ3n) is 1.17. The van der Waals surface area contributed by atoms with Gasteiger partial charge in [-0.15, -0.1) is 0 Å². The summed E-state index contributed by atoms with van der Waals surface area (Å²) in [5.41, 5.74) is 0. The second-order valence-electron chi connectivity index (χ2n) is 2.32. The molecule has 0 atom stereocenters. The molecule has 0 spiro atoms. The van der Waals surface area contributed by atoms with Crippen LogP contribution in [0.5, 0.6) is 0 Å². The number of nitrogens with one attached hydrogen (secondary N) is 1. The van der Waals surface area contributed by atoms with Gasteiger partial charge in [0.05, 0.1) is 7.05 Å². The highest BCUT2D eigenvalue weighted by molar-refractivity contribution is 9.09. The van der Waals surface area contributed by atoms with Crippen LogP contribution in [0.3, 0.4) is 0 Å². The second-order valence-corrected chi connectivity index (χ2v) is 3.11. The summed E-state index contributed by atoms with van der Waals surface area (Å²) >= 11 is 3.31. The minimum Gasteiger partial charge on any atom is -0.250 e. The third-order valence-corrected chi connectivity index (χ3v) is 1.73. The Morgan fingerprint density at radius 1 is 1.55 bits per heavy atom. The molecule has 1 aromatic heterocycles. The Balaban J connectivity index is 0.000000187. The molecule has 0 aliphatic carbocycles. The van der Waals surface area contributed by atoms with Gasteiger partial charge in [-0.25, -0.2) is 4.57 Å². The SMILES string of the molecule is CCCCBr.C[n+]1cc[nH]c1. The largest absolute Gasteiger partial charge is 0.250 e. The number of H-pyrrole nitrogens is 1. The first-order chi connectivity index (χ1) is 5.31. The van der Waals surface area contributed by atoms with Gasteiger partial charge in [-0.05, 0) is 6.42 Å². The van der Waals surface area contributed by atoms with Gasteiger partial charge in [-0.1, -0.05) is 29.3 Å². The summed E-state index contributed by atoms with van der Waals surface area (Å²) in [4.78, 5) is 2.89. The minimum absolute atomic E-state index is 1.16. The van der Waals surface area contributed by atoms with Crippen molar-refractivity contribution in [3.05, 3.63) is 18.7 Å². The van der Waals surface area contributed by atoms with Crippen LogP contribution in [0.2, 0.25) is 0 Å². The number of halogens is 1. The van der Waals surface area contributed by atoms with Crippen molar-refractivity contribution >= 4 is 15.9 Å². The molecule has 0 aliphatic heterocycles. The second kappa shape index (κ2) is 7.79. The molecule has 0 bridgehead atoms. The van der Waals surface area contributed by atoms with Crippen LogP contribution < -0.4 is 4.57 Å². The van der Waals surface area contributed by atoms with Crippen molar-refractivity contribution in [2.45, 2.75) is 19.8 Å². The van der Waals surface area contributed by atoms with E-state index >= 15 is 0 Å². The van der Waals surface area contributed by atoms with Crippen molar-refractivity contribution < 1.29 is 4.57 Å². The van der Waals surface area contributed by atoms with Crippen LogP contribution in [-0.2, 0) is 7.05 Å². The number of aromatic nitrogens is 2. The molecule has 0 saturated heterocycles. The van der Waals surface area contributed by atoms with E-state index in [2.05, 4.69) is 27.8 Å². The smallest absolute Gasteiger partial charge is 0.241 e. The summed E-state index contributed by atoms with van der Waals surface area (Å²) in [6.07, 6.45) is 8.30. The van der Waals surface area contributed by atoms with E-state index in [-0.39, 0.29) is 0 Å². The molecule has 0 aliphatic rings. The van der Waals surface area contributed by atoms with Gasteiger partial charge >= 0.3 is 0 Å². The van der Waals surface area contributed by atoms with Crippen molar-refractivity contribution in [2.24, 2.45) is 7.05 Å². The number of imidazole rings is 1. The topological polar surface area (TPSA) is 19.7 Å². The van der Waals surface area contributed by atoms with Crippen LogP contribution in [-0.4, -0.2) is 10.3 Å². The van der Waals surface area contributed by atoms with Crippen LogP contribution in [0.15, 0.2) is 18.7 Å². The van der Waals surface area contributed by atoms with Gasteiger partial charge in [0.25, 0.3) is 0 Å². The first-order valence-electron chi connectivity index (χ1n) is 3.85. The maximum absolute atomic E-state index is 3.31. The Morgan fingerprint density at radius 2 is 2.27 bits per heavy atom. The van der Waals surface area contributed by atoms with E-state index in [1.165, 1.54) is 12.8 Å². The Hall–Kier alpha value is -0.310. The van der Waals surface area contributed by atoms with Gasteiger partial charge in [-0.2, -0.15) is 0 Å². The van der Waals surface area contributed by atoms with Gasteiger partial charge in [0.1, 0.15) is 12.4 Å². The van der Waals surface area contributed by atoms with Crippen LogP contribution in [0.4, 0.5) is 0 Å². The fourth-order valence-electron chi connectivity index (χ4n) is 0.498. The Morgan fingerprint density at radius 3 is 2.36 bits per heavy atom. The van der Waals surface area contributed by atoms with E-state index in [9.17, 15) is 0 Å². The van der Waals surface area contributed by atoms with Gasteiger partial charge < -0.3 is 0 Å². The molecule has 0 amide bonds. The molecule has 3 heteroatoms. The van der Waals surface area contributed by atoms with Crippen molar-refractivity contribution in [3.8, 4) is 0 Å². The summed E-state index contributed by atoms with van der Waals surface area (Å²) in [6, 6.07) is 0. The van der Waals surface area contributed by atoms with Gasteiger partial charge in [0.15, 0.2) is 0 Å². The summed E-state index contributed by atoms with van der Waals surface area (Å²) < 4.78 is 1.94. The van der Waals surface area contributed by atoms with Crippen molar-refractivity contribution in [2.75, 3.05) is 5.33 Å². The molecule has 1 heterocycles. The molecule has 0 fully saturated rings. The van der Waals surface area contributed by atoms with Crippen LogP contribution in [0, 0.1) is 0 Å². The Bertz CT molecular complexity index is 147. The molecule has 2 nitrogen and oxygen atoms in total. The van der Waals surface area contributed by atoms with Gasteiger partial charge in [0, 0.05) is 5.33 Å². The number of rotatable bonds is 2. The average Bonchev–Trinajstić information content (AvgIpc) is 2.43. The lowest BCUT2D eigenvalue weighted by Crippen LogP contribution is -2.22. The number of alkyl halides is 1. The normalized spacial score (nSPS) is 8.64. The van der Waals surface area contributed by atoms with E-state index in [0.29, 0.717) is 0 Å². The van der Waals surface area contributed by atoms with E-state index in [1.807, 2.05) is 30.3 Å². The standard InChI is InChI=1S/C4H9Br.C4H6N2/c1-2-3-4-5;1-6-3-2-5-4-6/h2-4H2,1H3;2-4H,1H3/p+1. The lowest BCUT2D eigenvalue weighted by atomic mass is 10.4. The third kappa shape index (κ3) is 7.59. The van der Waals surface area contributed by atoms with Crippen molar-refractivity contribution in [3.63, 3.8) is 0 Å². The quantitative estimate of drug-likeness (QED) is 0.581. The van der Waals surface area contributed by atoms with E-state index < -0.39 is 0 Å². The monoisotopic (exact) mass is 219 g/mol. The van der Waals surface area contributed by atoms with Crippen LogP contribution in [0.1, 0.15) is 19.8 Å². The molecule has 0 aromatic carbocycles. The highest BCUT2D eigenvalue weighted by atomic mass is 79.9. The van der Waals surface area contributed by atoms with Gasteiger partial charge in [-0.3, -0.25) is 4.98 Å². The number of aryl methyl sites for hydroxylation is 1. The summed E-state index contributed by atoms with van der Waals surface area (Å²) in [7, 11) is 1.97. The summed E-state index contributed by atoms with van der Waals surface area (Å²) in [5.74, 6) is 0. The highest BCUT2D eigenvalue weighted by Gasteiger charge is 1.78. The Kier molecular flexibility index (Phi) is 7.57. The molecule has 0 unspecified atom stereocenters. The predicted molar refractivity (Wildman–Crippen MR) is 50.7 cm³/mol. The zero-order valence-electron chi connectivity index (χ0n) is 7.18. The van der Waals surface area contributed by atoms with E-state index in [0.717, 1.165) is 5.33 Å². The molecule has 1 N–H and O–H groups in total. The molecule has 0 saturated carbocycles. The van der Waals surface area contributed by atoms with Crippen LogP contribution in [0.25, 0.3) is 0 Å². The number of unbranched alkanes of at least 4 members (excludes halogenated alkanes) is 1. The molecule has 11 heavy (non-hydrogen) atoms. The number of hydrogen-bond acceptors (Lipinski definition) is 0. The first kappa shape index (κ1) is 10.7. The Labute approximate surface area is 76.8 Å². The van der Waals surface area contributed by atoms with E-state index in [1.54, 1.807) is 0 Å². The van der Waals surface area contributed by atoms with Crippen molar-refractivity contribution in [1.29, 1.82) is 0 Å². The molecule has 0 radical (unpaired) electrons. The lowest BCUT2D eigenvalue weighted by Gasteiger charge is -1.77. The van der Waals surface area contributed by atoms with Crippen molar-refractivity contribution in [1.82, 2.24) is 4.98 Å². The molecule has 64 valence electrons. The summed E-state index contributed by atoms with van der Waals surface area (Å²) in [5, 5.41) is 1.16. The molecular weight excluding hydrogens is 204 g/mol. The maximum atomic E-state index is 3.31. The lowest BCUT2D eigenvalue weighted by molar-refractivity contribution is -0.670. The highest BCUT2D eigenvalue weighted by Crippen LogP contribution is 1.89. The zero-order chi connectivity index (χ0) is 8.53. The number of hydrogen-bond donors (Lipinski definition) is 1. The van der Waals surface area contributed by atoms with Crippen LogP contribution >= 0.6 is 15.9 Å². The fourth-order valence-corrected chi connectivity index (χ4v) is 1.06.